The number of sulfonamides is 1. The van der Waals surface area contributed by atoms with E-state index in [-0.39, 0.29) is 11.7 Å². The van der Waals surface area contributed by atoms with Gasteiger partial charge in [-0.25, -0.2) is 8.42 Å². The number of nitrogens with zero attached hydrogens (tertiary/aromatic N) is 1. The first-order chi connectivity index (χ1) is 8.84. The summed E-state index contributed by atoms with van der Waals surface area (Å²) in [5.74, 6) is 0.299. The van der Waals surface area contributed by atoms with Crippen LogP contribution in [0.4, 0.5) is 5.69 Å². The van der Waals surface area contributed by atoms with Gasteiger partial charge in [0.2, 0.25) is 10.0 Å². The third kappa shape index (κ3) is 5.80. The van der Waals surface area contributed by atoms with Gasteiger partial charge in [-0.2, -0.15) is 0 Å². The van der Waals surface area contributed by atoms with E-state index < -0.39 is 10.0 Å². The first kappa shape index (κ1) is 16.3. The zero-order chi connectivity index (χ0) is 14.5. The number of hydrogen-bond acceptors (Lipinski definition) is 3. The molecule has 0 bridgehead atoms. The van der Waals surface area contributed by atoms with Crippen molar-refractivity contribution in [2.45, 2.75) is 13.5 Å². The Hall–Kier alpha value is -0.780. The molecule has 1 aromatic rings. The molecule has 108 valence electrons. The molecule has 0 fully saturated rings. The average Bonchev–Trinajstić information content (AvgIpc) is 2.30. The van der Waals surface area contributed by atoms with Crippen molar-refractivity contribution in [3.63, 3.8) is 0 Å². The quantitative estimate of drug-likeness (QED) is 0.787. The second-order valence-electron chi connectivity index (χ2n) is 5.04. The lowest BCUT2D eigenvalue weighted by molar-refractivity contribution is 0.403. The van der Waals surface area contributed by atoms with Gasteiger partial charge in [0, 0.05) is 12.4 Å². The third-order valence-corrected chi connectivity index (χ3v) is 4.60. The van der Waals surface area contributed by atoms with Crippen LogP contribution in [-0.4, -0.2) is 39.0 Å². The predicted molar refractivity (Wildman–Crippen MR) is 81.1 cm³/mol. The van der Waals surface area contributed by atoms with Crippen LogP contribution in [0.3, 0.4) is 0 Å². The van der Waals surface area contributed by atoms with Crippen molar-refractivity contribution >= 4 is 27.3 Å². The molecule has 0 aliphatic carbocycles. The van der Waals surface area contributed by atoms with Gasteiger partial charge in [0.1, 0.15) is 0 Å². The number of benzene rings is 1. The van der Waals surface area contributed by atoms with E-state index in [2.05, 4.69) is 4.72 Å². The van der Waals surface area contributed by atoms with Crippen molar-refractivity contribution in [2.24, 2.45) is 5.92 Å². The maximum Gasteiger partial charge on any atom is 0.233 e. The molecule has 0 aromatic heterocycles. The lowest BCUT2D eigenvalue weighted by atomic mass is 10.2. The lowest BCUT2D eigenvalue weighted by Crippen LogP contribution is -2.23. The summed E-state index contributed by atoms with van der Waals surface area (Å²) in [6, 6.07) is 7.42. The van der Waals surface area contributed by atoms with Crippen molar-refractivity contribution < 1.29 is 8.42 Å². The minimum Gasteiger partial charge on any atom is -0.305 e. The zero-order valence-electron chi connectivity index (χ0n) is 11.6. The minimum atomic E-state index is -3.36. The van der Waals surface area contributed by atoms with E-state index in [1.807, 2.05) is 44.1 Å². The maximum atomic E-state index is 12.0. The Kier molecular flexibility index (Phi) is 6.10. The van der Waals surface area contributed by atoms with Gasteiger partial charge >= 0.3 is 0 Å². The molecule has 0 spiro atoms. The molecule has 0 aliphatic heterocycles. The van der Waals surface area contributed by atoms with Crippen molar-refractivity contribution in [1.82, 2.24) is 4.90 Å². The molecule has 1 aromatic carbocycles. The molecule has 0 heterocycles. The Balaban J connectivity index is 2.87. The first-order valence-corrected chi connectivity index (χ1v) is 8.32. The zero-order valence-corrected chi connectivity index (χ0v) is 13.1. The normalized spacial score (nSPS) is 13.5. The molecule has 0 amide bonds. The number of nitrogens with one attached hydrogen (secondary N) is 1. The molecular weight excluding hydrogens is 284 g/mol. The first-order valence-electron chi connectivity index (χ1n) is 6.13. The van der Waals surface area contributed by atoms with Crippen LogP contribution in [0.5, 0.6) is 0 Å². The number of halogens is 1. The topological polar surface area (TPSA) is 49.4 Å². The SMILES string of the molecule is CC(CCl)CS(=O)(=O)Nc1ccccc1CN(C)C. The van der Waals surface area contributed by atoms with Gasteiger partial charge in [0.15, 0.2) is 0 Å². The Bertz CT molecular complexity index is 503. The number of alkyl halides is 1. The molecule has 0 saturated heterocycles. The lowest BCUT2D eigenvalue weighted by Gasteiger charge is -2.16. The molecule has 0 saturated carbocycles. The van der Waals surface area contributed by atoms with Crippen LogP contribution >= 0.6 is 11.6 Å². The molecule has 1 atom stereocenters. The smallest absolute Gasteiger partial charge is 0.233 e. The van der Waals surface area contributed by atoms with Crippen LogP contribution in [0.1, 0.15) is 12.5 Å². The molecule has 6 heteroatoms. The molecule has 4 nitrogen and oxygen atoms in total. The minimum absolute atomic E-state index is 0.0345. The van der Waals surface area contributed by atoms with Crippen LogP contribution in [0.15, 0.2) is 24.3 Å². The van der Waals surface area contributed by atoms with Gasteiger partial charge in [-0.05, 0) is 31.6 Å². The summed E-state index contributed by atoms with van der Waals surface area (Å²) in [7, 11) is 0.533. The van der Waals surface area contributed by atoms with Crippen LogP contribution in [0.2, 0.25) is 0 Å². The van der Waals surface area contributed by atoms with Gasteiger partial charge < -0.3 is 4.90 Å². The van der Waals surface area contributed by atoms with Crippen molar-refractivity contribution in [1.29, 1.82) is 0 Å². The van der Waals surface area contributed by atoms with Crippen LogP contribution in [-0.2, 0) is 16.6 Å². The van der Waals surface area contributed by atoms with Crippen molar-refractivity contribution in [3.8, 4) is 0 Å². The molecule has 0 aliphatic rings. The fourth-order valence-corrected chi connectivity index (χ4v) is 3.45. The van der Waals surface area contributed by atoms with Crippen molar-refractivity contribution in [3.05, 3.63) is 29.8 Å². The van der Waals surface area contributed by atoms with E-state index in [1.54, 1.807) is 6.07 Å². The number of anilines is 1. The summed E-state index contributed by atoms with van der Waals surface area (Å²) in [5.41, 5.74) is 1.59. The average molecular weight is 305 g/mol. The summed E-state index contributed by atoms with van der Waals surface area (Å²) in [5, 5.41) is 0. The maximum absolute atomic E-state index is 12.0. The highest BCUT2D eigenvalue weighted by Gasteiger charge is 2.16. The fourth-order valence-electron chi connectivity index (χ4n) is 1.73. The van der Waals surface area contributed by atoms with Gasteiger partial charge in [-0.3, -0.25) is 4.72 Å². The van der Waals surface area contributed by atoms with E-state index in [4.69, 9.17) is 11.6 Å². The number of hydrogen-bond donors (Lipinski definition) is 1. The Morgan fingerprint density at radius 1 is 1.32 bits per heavy atom. The fraction of sp³-hybridized carbons (Fsp3) is 0.538. The number of rotatable bonds is 7. The summed E-state index contributed by atoms with van der Waals surface area (Å²) in [6.45, 7) is 2.50. The highest BCUT2D eigenvalue weighted by molar-refractivity contribution is 7.92. The van der Waals surface area contributed by atoms with Gasteiger partial charge in [-0.15, -0.1) is 11.6 Å². The third-order valence-electron chi connectivity index (χ3n) is 2.54. The highest BCUT2D eigenvalue weighted by Crippen LogP contribution is 2.18. The van der Waals surface area contributed by atoms with Crippen molar-refractivity contribution in [2.75, 3.05) is 30.5 Å². The van der Waals surface area contributed by atoms with E-state index in [9.17, 15) is 8.42 Å². The molecule has 1 unspecified atom stereocenters. The highest BCUT2D eigenvalue weighted by atomic mass is 35.5. The van der Waals surface area contributed by atoms with Crippen LogP contribution < -0.4 is 4.72 Å². The molecule has 19 heavy (non-hydrogen) atoms. The Morgan fingerprint density at radius 3 is 2.53 bits per heavy atom. The predicted octanol–water partition coefficient (Wildman–Crippen LogP) is 2.36. The summed E-state index contributed by atoms with van der Waals surface area (Å²) in [6.07, 6.45) is 0. The Morgan fingerprint density at radius 2 is 1.95 bits per heavy atom. The van der Waals surface area contributed by atoms with E-state index in [1.165, 1.54) is 0 Å². The second-order valence-corrected chi connectivity index (χ2v) is 7.11. The standard InChI is InChI=1S/C13H21ClN2O2S/c1-11(8-14)10-19(17,18)15-13-7-5-4-6-12(13)9-16(2)3/h4-7,11,15H,8-10H2,1-3H3. The van der Waals surface area contributed by atoms with E-state index >= 15 is 0 Å². The van der Waals surface area contributed by atoms with E-state index in [0.29, 0.717) is 18.1 Å². The molecule has 0 radical (unpaired) electrons. The van der Waals surface area contributed by atoms with E-state index in [0.717, 1.165) is 5.56 Å². The summed E-state index contributed by atoms with van der Waals surface area (Å²) < 4.78 is 26.7. The van der Waals surface area contributed by atoms with Crippen LogP contribution in [0.25, 0.3) is 0 Å². The largest absolute Gasteiger partial charge is 0.305 e. The molecular formula is C13H21ClN2O2S. The monoisotopic (exact) mass is 304 g/mol. The number of para-hydroxylation sites is 1. The summed E-state index contributed by atoms with van der Waals surface area (Å²) >= 11 is 5.66. The van der Waals surface area contributed by atoms with Gasteiger partial charge in [-0.1, -0.05) is 25.1 Å². The van der Waals surface area contributed by atoms with Gasteiger partial charge in [0.25, 0.3) is 0 Å². The molecule has 1 rings (SSSR count). The second kappa shape index (κ2) is 7.12. The van der Waals surface area contributed by atoms with Crippen LogP contribution in [0, 0.1) is 5.92 Å². The summed E-state index contributed by atoms with van der Waals surface area (Å²) in [4.78, 5) is 1.99. The Labute approximate surface area is 120 Å². The molecule has 1 N–H and O–H groups in total. The van der Waals surface area contributed by atoms with Gasteiger partial charge in [0.05, 0.1) is 11.4 Å².